The fourth-order valence-electron chi connectivity index (χ4n) is 3.10. The Balaban J connectivity index is 1.80. The smallest absolute Gasteiger partial charge is 0.162 e. The molecule has 2 aromatic carbocycles. The summed E-state index contributed by atoms with van der Waals surface area (Å²) in [6.45, 7) is -0.182. The third kappa shape index (κ3) is 3.68. The van der Waals surface area contributed by atoms with Crippen molar-refractivity contribution in [2.75, 3.05) is 13.7 Å². The van der Waals surface area contributed by atoms with Gasteiger partial charge in [0.05, 0.1) is 20.3 Å². The maximum atomic E-state index is 10.2. The van der Waals surface area contributed by atoms with Crippen molar-refractivity contribution >= 4 is 10.8 Å². The monoisotopic (exact) mass is 349 g/mol. The molecule has 0 aromatic heterocycles. The minimum atomic E-state index is -1.44. The van der Waals surface area contributed by atoms with Gasteiger partial charge in [-0.25, -0.2) is 0 Å². The van der Waals surface area contributed by atoms with Gasteiger partial charge in [0.1, 0.15) is 24.4 Å². The molecule has 5 atom stereocenters. The van der Waals surface area contributed by atoms with E-state index < -0.39 is 37.3 Å². The molecule has 1 aliphatic heterocycles. The Morgan fingerprint density at radius 3 is 2.40 bits per heavy atom. The van der Waals surface area contributed by atoms with E-state index in [0.717, 1.165) is 16.3 Å². The Labute approximate surface area is 145 Å². The molecule has 7 heteroatoms. The number of aliphatic hydroxyl groups excluding tert-OH is 4. The van der Waals surface area contributed by atoms with Crippen molar-refractivity contribution in [3.63, 3.8) is 0 Å². The first-order valence-corrected chi connectivity index (χ1v) is 8.14. The summed E-state index contributed by atoms with van der Waals surface area (Å²) >= 11 is 0. The molecule has 0 bridgehead atoms. The zero-order chi connectivity index (χ0) is 18.0. The number of nitrogens with zero attached hydrogens (tertiary/aromatic N) is 1. The fraction of sp³-hybridized carbons (Fsp3) is 0.444. The molecule has 1 fully saturated rings. The third-order valence-electron chi connectivity index (χ3n) is 4.54. The van der Waals surface area contributed by atoms with Crippen LogP contribution in [0.25, 0.3) is 10.8 Å². The lowest BCUT2D eigenvalue weighted by atomic mass is 9.98. The summed E-state index contributed by atoms with van der Waals surface area (Å²) in [7, 11) is 1.43. The first kappa shape index (κ1) is 18.2. The van der Waals surface area contributed by atoms with E-state index in [0.29, 0.717) is 6.54 Å². The number of hydrogen-bond donors (Lipinski definition) is 4. The second-order valence-corrected chi connectivity index (χ2v) is 6.16. The van der Waals surface area contributed by atoms with Crippen LogP contribution in [0.15, 0.2) is 42.5 Å². The largest absolute Gasteiger partial charge is 0.394 e. The minimum absolute atomic E-state index is 0.296. The SMILES string of the molecule is CON(Cc1ccc2ccccc2c1)[C@@H]1O[C@H](CO)[C@@H](O)[C@H](O)[C@H]1O. The Morgan fingerprint density at radius 1 is 1.00 bits per heavy atom. The standard InChI is InChI=1S/C18H23NO6/c1-24-19(18-17(23)16(22)15(21)14(10-20)25-18)9-11-6-7-12-4-2-3-5-13(12)8-11/h2-8,14-18,20-23H,9-10H2,1H3/t14-,15-,16+,17-,18-/m1/s1. The molecule has 25 heavy (non-hydrogen) atoms. The Hall–Kier alpha value is -1.58. The lowest BCUT2D eigenvalue weighted by molar-refractivity contribution is -0.331. The van der Waals surface area contributed by atoms with Crippen LogP contribution in [0.4, 0.5) is 0 Å². The van der Waals surface area contributed by atoms with Crippen LogP contribution in [-0.4, -0.2) is 69.8 Å². The number of ether oxygens (including phenoxy) is 1. The van der Waals surface area contributed by atoms with E-state index in [4.69, 9.17) is 9.57 Å². The zero-order valence-corrected chi connectivity index (χ0v) is 13.9. The molecule has 1 saturated heterocycles. The van der Waals surface area contributed by atoms with Crippen molar-refractivity contribution in [2.24, 2.45) is 0 Å². The average molecular weight is 349 g/mol. The predicted molar refractivity (Wildman–Crippen MR) is 90.3 cm³/mol. The van der Waals surface area contributed by atoms with Gasteiger partial charge in [0.2, 0.25) is 0 Å². The Morgan fingerprint density at radius 2 is 1.72 bits per heavy atom. The number of hydrogen-bond acceptors (Lipinski definition) is 7. The summed E-state index contributed by atoms with van der Waals surface area (Å²) in [6.07, 6.45) is -6.20. The number of rotatable bonds is 5. The second kappa shape index (κ2) is 7.76. The maximum Gasteiger partial charge on any atom is 0.162 e. The summed E-state index contributed by atoms with van der Waals surface area (Å²) in [4.78, 5) is 5.33. The normalized spacial score (nSPS) is 30.1. The predicted octanol–water partition coefficient (Wildman–Crippen LogP) is 0.00310. The summed E-state index contributed by atoms with van der Waals surface area (Å²) in [6, 6.07) is 13.9. The third-order valence-corrected chi connectivity index (χ3v) is 4.54. The summed E-state index contributed by atoms with van der Waals surface area (Å²) < 4.78 is 5.53. The molecule has 7 nitrogen and oxygen atoms in total. The quantitative estimate of drug-likeness (QED) is 0.564. The number of aliphatic hydroxyl groups is 4. The van der Waals surface area contributed by atoms with E-state index in [1.807, 2.05) is 42.5 Å². The highest BCUT2D eigenvalue weighted by Gasteiger charge is 2.46. The fourth-order valence-corrected chi connectivity index (χ4v) is 3.10. The molecule has 0 aliphatic carbocycles. The van der Waals surface area contributed by atoms with Gasteiger partial charge < -0.3 is 25.2 Å². The molecule has 0 spiro atoms. The van der Waals surface area contributed by atoms with Gasteiger partial charge in [0.15, 0.2) is 6.23 Å². The molecule has 0 radical (unpaired) electrons. The lowest BCUT2D eigenvalue weighted by Gasteiger charge is -2.43. The molecule has 2 aromatic rings. The Kier molecular flexibility index (Phi) is 5.65. The van der Waals surface area contributed by atoms with Crippen LogP contribution in [0.3, 0.4) is 0 Å². The van der Waals surface area contributed by atoms with Crippen LogP contribution in [0.5, 0.6) is 0 Å². The van der Waals surface area contributed by atoms with Crippen LogP contribution in [0, 0.1) is 0 Å². The number of hydroxylamine groups is 2. The first-order valence-electron chi connectivity index (χ1n) is 8.14. The second-order valence-electron chi connectivity index (χ2n) is 6.16. The highest BCUT2D eigenvalue weighted by molar-refractivity contribution is 5.82. The van der Waals surface area contributed by atoms with Gasteiger partial charge in [-0.1, -0.05) is 36.4 Å². The number of benzene rings is 2. The minimum Gasteiger partial charge on any atom is -0.394 e. The Bertz CT molecular complexity index is 709. The highest BCUT2D eigenvalue weighted by Crippen LogP contribution is 2.25. The molecule has 0 unspecified atom stereocenters. The van der Waals surface area contributed by atoms with E-state index in [2.05, 4.69) is 0 Å². The van der Waals surface area contributed by atoms with Gasteiger partial charge in [-0.3, -0.25) is 4.84 Å². The molecular weight excluding hydrogens is 326 g/mol. The van der Waals surface area contributed by atoms with Crippen molar-refractivity contribution in [3.8, 4) is 0 Å². The van der Waals surface area contributed by atoms with Crippen molar-refractivity contribution in [1.29, 1.82) is 0 Å². The lowest BCUT2D eigenvalue weighted by Crippen LogP contribution is -2.62. The van der Waals surface area contributed by atoms with Crippen molar-refractivity contribution in [2.45, 2.75) is 37.2 Å². The van der Waals surface area contributed by atoms with Crippen LogP contribution >= 0.6 is 0 Å². The topological polar surface area (TPSA) is 103 Å². The molecule has 3 rings (SSSR count). The molecular formula is C18H23NO6. The molecule has 0 amide bonds. The zero-order valence-electron chi connectivity index (χ0n) is 13.9. The highest BCUT2D eigenvalue weighted by atomic mass is 16.7. The van der Waals surface area contributed by atoms with Crippen molar-refractivity contribution in [1.82, 2.24) is 5.06 Å². The van der Waals surface area contributed by atoms with E-state index in [1.54, 1.807) is 0 Å². The van der Waals surface area contributed by atoms with E-state index in [-0.39, 0.29) is 0 Å². The van der Waals surface area contributed by atoms with Crippen LogP contribution < -0.4 is 0 Å². The summed E-state index contributed by atoms with van der Waals surface area (Å²) in [5, 5.41) is 42.9. The molecule has 4 N–H and O–H groups in total. The van der Waals surface area contributed by atoms with Gasteiger partial charge in [-0.05, 0) is 22.4 Å². The van der Waals surface area contributed by atoms with E-state index >= 15 is 0 Å². The summed E-state index contributed by atoms with van der Waals surface area (Å²) in [5.41, 5.74) is 0.928. The number of fused-ring (bicyclic) bond motifs is 1. The van der Waals surface area contributed by atoms with Crippen molar-refractivity contribution in [3.05, 3.63) is 48.0 Å². The van der Waals surface area contributed by atoms with E-state index in [9.17, 15) is 20.4 Å². The maximum absolute atomic E-state index is 10.2. The van der Waals surface area contributed by atoms with Gasteiger partial charge in [0.25, 0.3) is 0 Å². The first-order chi connectivity index (χ1) is 12.0. The van der Waals surface area contributed by atoms with Gasteiger partial charge in [-0.2, -0.15) is 5.06 Å². The van der Waals surface area contributed by atoms with Gasteiger partial charge in [-0.15, -0.1) is 0 Å². The molecule has 1 heterocycles. The van der Waals surface area contributed by atoms with Crippen LogP contribution in [-0.2, 0) is 16.1 Å². The van der Waals surface area contributed by atoms with Gasteiger partial charge in [0, 0.05) is 0 Å². The molecule has 136 valence electrons. The van der Waals surface area contributed by atoms with E-state index in [1.165, 1.54) is 12.2 Å². The van der Waals surface area contributed by atoms with Gasteiger partial charge >= 0.3 is 0 Å². The summed E-state index contributed by atoms with van der Waals surface area (Å²) in [5.74, 6) is 0. The molecule has 0 saturated carbocycles. The van der Waals surface area contributed by atoms with Crippen LogP contribution in [0.1, 0.15) is 5.56 Å². The average Bonchev–Trinajstić information content (AvgIpc) is 2.65. The van der Waals surface area contributed by atoms with Crippen LogP contribution in [0.2, 0.25) is 0 Å². The van der Waals surface area contributed by atoms with Crippen molar-refractivity contribution < 1.29 is 30.0 Å². The molecule has 1 aliphatic rings.